The van der Waals surface area contributed by atoms with Gasteiger partial charge in [-0.25, -0.2) is 0 Å². The zero-order valence-corrected chi connectivity index (χ0v) is 21.6. The molecule has 0 heterocycles. The Morgan fingerprint density at radius 1 is 0.706 bits per heavy atom. The van der Waals surface area contributed by atoms with Crippen LogP contribution < -0.4 is 0 Å². The molecule has 2 aliphatic carbocycles. The highest BCUT2D eigenvalue weighted by Gasteiger charge is 2.38. The lowest BCUT2D eigenvalue weighted by Crippen LogP contribution is -2.34. The van der Waals surface area contributed by atoms with Crippen LogP contribution in [-0.2, 0) is 15.7 Å². The fourth-order valence-corrected chi connectivity index (χ4v) is 8.06. The van der Waals surface area contributed by atoms with Gasteiger partial charge in [-0.2, -0.15) is 0 Å². The van der Waals surface area contributed by atoms with Crippen molar-refractivity contribution in [2.24, 2.45) is 23.2 Å². The van der Waals surface area contributed by atoms with Gasteiger partial charge in [-0.3, -0.25) is 4.79 Å². The van der Waals surface area contributed by atoms with E-state index in [9.17, 15) is 0 Å². The van der Waals surface area contributed by atoms with Crippen LogP contribution >= 0.6 is 0 Å². The third-order valence-electron chi connectivity index (χ3n) is 6.76. The Morgan fingerprint density at radius 3 is 1.35 bits per heavy atom. The van der Waals surface area contributed by atoms with E-state index in [0.29, 0.717) is 5.41 Å². The summed E-state index contributed by atoms with van der Waals surface area (Å²) in [7, 11) is -0.0146. The minimum absolute atomic E-state index is 0.0146. The summed E-state index contributed by atoms with van der Waals surface area (Å²) >= 11 is 0. The van der Waals surface area contributed by atoms with Crippen molar-refractivity contribution in [3.8, 4) is 0 Å². The Kier molecular flexibility index (Phi) is 9.83. The van der Waals surface area contributed by atoms with E-state index in [1.54, 1.807) is 6.42 Å². The van der Waals surface area contributed by atoms with Crippen LogP contribution in [0.3, 0.4) is 0 Å². The van der Waals surface area contributed by atoms with E-state index < -0.39 is 0 Å². The van der Waals surface area contributed by atoms with E-state index in [0.717, 1.165) is 17.8 Å². The molecule has 0 aliphatic heterocycles. The average molecular weight is 476 g/mol. The van der Waals surface area contributed by atoms with Crippen molar-refractivity contribution in [1.29, 1.82) is 0 Å². The number of carboxylic acid groups (broad SMARTS) is 1. The Hall–Kier alpha value is -2.52. The van der Waals surface area contributed by atoms with Gasteiger partial charge in [0, 0.05) is 0 Å². The summed E-state index contributed by atoms with van der Waals surface area (Å²) in [5, 5.41) is 6.89. The minimum atomic E-state index is -0.250. The summed E-state index contributed by atoms with van der Waals surface area (Å²) in [5.74, 6) is 3.16. The van der Waals surface area contributed by atoms with Crippen LogP contribution in [0.1, 0.15) is 52.9 Å². The molecule has 2 nitrogen and oxygen atoms in total. The smallest absolute Gasteiger partial charge is 0.290 e. The van der Waals surface area contributed by atoms with Gasteiger partial charge in [0.05, 0.1) is 10.9 Å². The van der Waals surface area contributed by atoms with Gasteiger partial charge in [0.1, 0.15) is 0 Å². The van der Waals surface area contributed by atoms with Gasteiger partial charge in [0.25, 0.3) is 6.47 Å². The molecule has 0 saturated heterocycles. The van der Waals surface area contributed by atoms with Crippen molar-refractivity contribution in [3.63, 3.8) is 0 Å². The highest BCUT2D eigenvalue weighted by molar-refractivity contribution is 7.97. The van der Waals surface area contributed by atoms with Crippen LogP contribution in [0.15, 0.2) is 106 Å². The van der Waals surface area contributed by atoms with Crippen LogP contribution in [0.4, 0.5) is 0 Å². The number of hydrogen-bond acceptors (Lipinski definition) is 1. The predicted octanol–water partition coefficient (Wildman–Crippen LogP) is 8.34. The normalized spacial score (nSPS) is 22.4. The molecule has 3 heteroatoms. The van der Waals surface area contributed by atoms with E-state index in [4.69, 9.17) is 9.90 Å². The molecule has 2 fully saturated rings. The van der Waals surface area contributed by atoms with E-state index in [1.807, 2.05) is 0 Å². The van der Waals surface area contributed by atoms with Crippen molar-refractivity contribution < 1.29 is 9.90 Å². The van der Waals surface area contributed by atoms with E-state index in [1.165, 1.54) is 40.4 Å². The summed E-state index contributed by atoms with van der Waals surface area (Å²) in [6.07, 6.45) is 7.56. The Balaban J connectivity index is 0.000000185. The predicted molar refractivity (Wildman–Crippen MR) is 143 cm³/mol. The van der Waals surface area contributed by atoms with Crippen LogP contribution in [0.25, 0.3) is 0 Å². The molecule has 34 heavy (non-hydrogen) atoms. The Bertz CT molecular complexity index is 858. The second-order valence-corrected chi connectivity index (χ2v) is 12.5. The van der Waals surface area contributed by atoms with Crippen molar-refractivity contribution >= 4 is 17.4 Å². The third-order valence-corrected chi connectivity index (χ3v) is 8.99. The highest BCUT2D eigenvalue weighted by atomic mass is 32.2. The fourth-order valence-electron chi connectivity index (χ4n) is 5.96. The highest BCUT2D eigenvalue weighted by Crippen LogP contribution is 2.49. The van der Waals surface area contributed by atoms with E-state index in [-0.39, 0.29) is 17.4 Å². The molecule has 180 valence electrons. The molecule has 3 aromatic carbocycles. The summed E-state index contributed by atoms with van der Waals surface area (Å²) in [6, 6.07) is 32.2. The standard InChI is InChI=1S/C18H15S.C12H22.CH2O2/c1-4-10-16(11-5-1)19(17-12-6-2-7-13-17)18-14-8-3-9-15-18;1-9-4-10-6-11(5-9)8-12(2,3)7-10;2-1-3/h1-15H;9-11H,4-8H2,1-3H3;1H,(H,2,3)/q+1;;. The Labute approximate surface area is 208 Å². The molecule has 5 rings (SSSR count). The van der Waals surface area contributed by atoms with E-state index in [2.05, 4.69) is 112 Å². The molecule has 3 aromatic rings. The molecule has 0 spiro atoms. The van der Waals surface area contributed by atoms with Crippen molar-refractivity contribution in [1.82, 2.24) is 0 Å². The first-order chi connectivity index (χ1) is 16.4. The third kappa shape index (κ3) is 7.77. The molecule has 2 atom stereocenters. The fraction of sp³-hybridized carbons (Fsp3) is 0.387. The summed E-state index contributed by atoms with van der Waals surface area (Å²) in [4.78, 5) is 12.4. The zero-order chi connectivity index (χ0) is 24.4. The zero-order valence-electron chi connectivity index (χ0n) is 20.8. The molecule has 2 unspecified atom stereocenters. The van der Waals surface area contributed by atoms with Crippen molar-refractivity contribution in [2.45, 2.75) is 67.6 Å². The molecular formula is C31H39O2S+. The van der Waals surface area contributed by atoms with Gasteiger partial charge in [-0.05, 0) is 91.7 Å². The van der Waals surface area contributed by atoms with Crippen molar-refractivity contribution in [2.75, 3.05) is 0 Å². The molecular weight excluding hydrogens is 436 g/mol. The SMILES string of the molecule is CC1CC2CC(C1)CC(C)(C)C2.O=CO.c1ccc([S+](c2ccccc2)c2ccccc2)cc1. The maximum atomic E-state index is 8.36. The van der Waals surface area contributed by atoms with Crippen LogP contribution in [0.2, 0.25) is 0 Å². The first-order valence-electron chi connectivity index (χ1n) is 12.4. The van der Waals surface area contributed by atoms with Gasteiger partial charge in [-0.1, -0.05) is 75.4 Å². The minimum Gasteiger partial charge on any atom is -0.483 e. The lowest BCUT2D eigenvalue weighted by atomic mass is 9.60. The van der Waals surface area contributed by atoms with Crippen LogP contribution in [0, 0.1) is 23.2 Å². The molecule has 1 N–H and O–H groups in total. The maximum Gasteiger partial charge on any atom is 0.290 e. The number of carbonyl (C=O) groups is 1. The molecule has 0 aromatic heterocycles. The number of hydrogen-bond donors (Lipinski definition) is 1. The van der Waals surface area contributed by atoms with Gasteiger partial charge in [0.15, 0.2) is 14.7 Å². The number of benzene rings is 3. The first-order valence-corrected chi connectivity index (χ1v) is 13.6. The average Bonchev–Trinajstić information content (AvgIpc) is 2.81. The second-order valence-electron chi connectivity index (χ2n) is 10.5. The van der Waals surface area contributed by atoms with E-state index >= 15 is 0 Å². The van der Waals surface area contributed by atoms with Crippen LogP contribution in [0.5, 0.6) is 0 Å². The van der Waals surface area contributed by atoms with Gasteiger partial charge in [0.2, 0.25) is 0 Å². The largest absolute Gasteiger partial charge is 0.483 e. The second kappa shape index (κ2) is 12.8. The quantitative estimate of drug-likeness (QED) is 0.305. The van der Waals surface area contributed by atoms with Gasteiger partial charge in [-0.15, -0.1) is 0 Å². The first kappa shape index (κ1) is 26.1. The van der Waals surface area contributed by atoms with Crippen LogP contribution in [-0.4, -0.2) is 11.6 Å². The summed E-state index contributed by atoms with van der Waals surface area (Å²) in [5.41, 5.74) is 0.660. The molecule has 2 aliphatic rings. The molecule has 2 saturated carbocycles. The van der Waals surface area contributed by atoms with Gasteiger partial charge < -0.3 is 5.11 Å². The molecule has 2 bridgehead atoms. The number of fused-ring (bicyclic) bond motifs is 2. The lowest BCUT2D eigenvalue weighted by Gasteiger charge is -2.45. The monoisotopic (exact) mass is 475 g/mol. The maximum absolute atomic E-state index is 8.36. The number of rotatable bonds is 3. The summed E-state index contributed by atoms with van der Waals surface area (Å²) in [6.45, 7) is 7.11. The summed E-state index contributed by atoms with van der Waals surface area (Å²) < 4.78 is 0. The molecule has 0 amide bonds. The Morgan fingerprint density at radius 2 is 1.03 bits per heavy atom. The molecule has 0 radical (unpaired) electrons. The van der Waals surface area contributed by atoms with Crippen molar-refractivity contribution in [3.05, 3.63) is 91.0 Å². The topological polar surface area (TPSA) is 37.3 Å². The van der Waals surface area contributed by atoms with Gasteiger partial charge >= 0.3 is 0 Å². The lowest BCUT2D eigenvalue weighted by molar-refractivity contribution is -0.122.